The number of nitrogens with zero attached hydrogens (tertiary/aromatic N) is 2. The number of piperidine rings is 1. The van der Waals surface area contributed by atoms with Crippen molar-refractivity contribution in [1.82, 2.24) is 4.98 Å². The zero-order valence-corrected chi connectivity index (χ0v) is 10.6. The quantitative estimate of drug-likeness (QED) is 0.897. The number of anilines is 1. The third-order valence-corrected chi connectivity index (χ3v) is 3.80. The van der Waals surface area contributed by atoms with Crippen LogP contribution in [0.25, 0.3) is 10.8 Å². The van der Waals surface area contributed by atoms with Crippen LogP contribution in [-0.4, -0.2) is 29.1 Å². The molecule has 2 heterocycles. The third kappa shape index (κ3) is 2.26. The van der Waals surface area contributed by atoms with Crippen molar-refractivity contribution in [3.63, 3.8) is 0 Å². The van der Waals surface area contributed by atoms with Crippen LogP contribution in [-0.2, 0) is 4.79 Å². The molecule has 1 saturated heterocycles. The third-order valence-electron chi connectivity index (χ3n) is 3.80. The molecule has 98 valence electrons. The Morgan fingerprint density at radius 2 is 1.95 bits per heavy atom. The van der Waals surface area contributed by atoms with Crippen LogP contribution in [0, 0.1) is 5.92 Å². The predicted molar refractivity (Wildman–Crippen MR) is 74.3 cm³/mol. The van der Waals surface area contributed by atoms with E-state index in [4.69, 9.17) is 5.11 Å². The van der Waals surface area contributed by atoms with Gasteiger partial charge in [0.25, 0.3) is 0 Å². The molecule has 4 heteroatoms. The van der Waals surface area contributed by atoms with Crippen LogP contribution in [0.2, 0.25) is 0 Å². The Balaban J connectivity index is 1.88. The molecule has 1 aromatic carbocycles. The molecule has 1 aromatic heterocycles. The molecule has 2 aromatic rings. The fourth-order valence-corrected chi connectivity index (χ4v) is 2.69. The van der Waals surface area contributed by atoms with Gasteiger partial charge < -0.3 is 10.0 Å². The Bertz CT molecular complexity index is 599. The van der Waals surface area contributed by atoms with Gasteiger partial charge in [0, 0.05) is 24.7 Å². The zero-order chi connectivity index (χ0) is 13.2. The second kappa shape index (κ2) is 4.88. The summed E-state index contributed by atoms with van der Waals surface area (Å²) >= 11 is 0. The molecule has 0 unspecified atom stereocenters. The predicted octanol–water partition coefficient (Wildman–Crippen LogP) is 2.54. The van der Waals surface area contributed by atoms with Gasteiger partial charge >= 0.3 is 5.97 Å². The summed E-state index contributed by atoms with van der Waals surface area (Å²) in [6, 6.07) is 10.2. The first-order valence-electron chi connectivity index (χ1n) is 6.57. The van der Waals surface area contributed by atoms with Crippen molar-refractivity contribution in [2.45, 2.75) is 12.8 Å². The minimum absolute atomic E-state index is 0.203. The number of carboxylic acid groups (broad SMARTS) is 1. The van der Waals surface area contributed by atoms with Gasteiger partial charge in [-0.2, -0.15) is 0 Å². The van der Waals surface area contributed by atoms with Gasteiger partial charge in [0.2, 0.25) is 0 Å². The molecule has 19 heavy (non-hydrogen) atoms. The fraction of sp³-hybridized carbons (Fsp3) is 0.333. The van der Waals surface area contributed by atoms with Crippen molar-refractivity contribution < 1.29 is 9.90 Å². The SMILES string of the molecule is O=C(O)C1CCN(c2nccc3ccccc23)CC1. The summed E-state index contributed by atoms with van der Waals surface area (Å²) < 4.78 is 0. The number of hydrogen-bond acceptors (Lipinski definition) is 3. The molecule has 0 spiro atoms. The van der Waals surface area contributed by atoms with Crippen LogP contribution in [0.4, 0.5) is 5.82 Å². The number of carbonyl (C=O) groups is 1. The molecular weight excluding hydrogens is 240 g/mol. The highest BCUT2D eigenvalue weighted by molar-refractivity contribution is 5.92. The van der Waals surface area contributed by atoms with Crippen LogP contribution < -0.4 is 4.90 Å². The fourth-order valence-electron chi connectivity index (χ4n) is 2.69. The van der Waals surface area contributed by atoms with Gasteiger partial charge in [0.15, 0.2) is 0 Å². The number of rotatable bonds is 2. The average molecular weight is 256 g/mol. The maximum absolute atomic E-state index is 11.0. The Hall–Kier alpha value is -2.10. The van der Waals surface area contributed by atoms with E-state index in [1.807, 2.05) is 24.4 Å². The standard InChI is InChI=1S/C15H16N2O2/c18-15(19)12-6-9-17(10-7-12)14-13-4-2-1-3-11(13)5-8-16-14/h1-5,8,12H,6-7,9-10H2,(H,18,19). The number of aromatic nitrogens is 1. The number of carboxylic acids is 1. The molecule has 0 bridgehead atoms. The number of fused-ring (bicyclic) bond motifs is 1. The molecule has 1 fully saturated rings. The molecule has 4 nitrogen and oxygen atoms in total. The van der Waals surface area contributed by atoms with Gasteiger partial charge in [0.1, 0.15) is 5.82 Å². The van der Waals surface area contributed by atoms with Gasteiger partial charge in [0.05, 0.1) is 5.92 Å². The van der Waals surface area contributed by atoms with Crippen LogP contribution in [0.5, 0.6) is 0 Å². The van der Waals surface area contributed by atoms with E-state index in [0.29, 0.717) is 12.8 Å². The second-order valence-electron chi connectivity index (χ2n) is 4.96. The lowest BCUT2D eigenvalue weighted by Crippen LogP contribution is -2.36. The first kappa shape index (κ1) is 12.0. The van der Waals surface area contributed by atoms with Crippen molar-refractivity contribution in [1.29, 1.82) is 0 Å². The molecule has 0 saturated carbocycles. The molecule has 1 N–H and O–H groups in total. The van der Waals surface area contributed by atoms with E-state index in [0.717, 1.165) is 24.3 Å². The monoisotopic (exact) mass is 256 g/mol. The normalized spacial score (nSPS) is 16.7. The molecule has 0 radical (unpaired) electrons. The molecule has 1 aliphatic rings. The highest BCUT2D eigenvalue weighted by Gasteiger charge is 2.25. The lowest BCUT2D eigenvalue weighted by molar-refractivity contribution is -0.142. The number of hydrogen-bond donors (Lipinski definition) is 1. The summed E-state index contributed by atoms with van der Waals surface area (Å²) in [5, 5.41) is 11.3. The maximum Gasteiger partial charge on any atom is 0.306 e. The van der Waals surface area contributed by atoms with Gasteiger partial charge in [-0.05, 0) is 24.3 Å². The largest absolute Gasteiger partial charge is 0.481 e. The van der Waals surface area contributed by atoms with Crippen LogP contribution in [0.3, 0.4) is 0 Å². The molecular formula is C15H16N2O2. The highest BCUT2D eigenvalue weighted by atomic mass is 16.4. The summed E-state index contributed by atoms with van der Waals surface area (Å²) in [6.45, 7) is 1.52. The summed E-state index contributed by atoms with van der Waals surface area (Å²) in [5.74, 6) is 0.0960. The summed E-state index contributed by atoms with van der Waals surface area (Å²) in [5.41, 5.74) is 0. The van der Waals surface area contributed by atoms with Crippen molar-refractivity contribution >= 4 is 22.6 Å². The average Bonchev–Trinajstić information content (AvgIpc) is 2.47. The smallest absolute Gasteiger partial charge is 0.306 e. The van der Waals surface area contributed by atoms with E-state index in [-0.39, 0.29) is 5.92 Å². The van der Waals surface area contributed by atoms with Gasteiger partial charge in [-0.15, -0.1) is 0 Å². The number of benzene rings is 1. The van der Waals surface area contributed by atoms with Gasteiger partial charge in [-0.3, -0.25) is 4.79 Å². The van der Waals surface area contributed by atoms with Crippen molar-refractivity contribution in [2.75, 3.05) is 18.0 Å². The Morgan fingerprint density at radius 1 is 1.21 bits per heavy atom. The van der Waals surface area contributed by atoms with E-state index in [2.05, 4.69) is 22.0 Å². The van der Waals surface area contributed by atoms with E-state index in [1.165, 1.54) is 5.39 Å². The molecule has 3 rings (SSSR count). The van der Waals surface area contributed by atoms with Crippen LogP contribution >= 0.6 is 0 Å². The summed E-state index contributed by atoms with van der Waals surface area (Å²) in [7, 11) is 0. The van der Waals surface area contributed by atoms with Crippen molar-refractivity contribution in [2.24, 2.45) is 5.92 Å². The maximum atomic E-state index is 11.0. The summed E-state index contributed by atoms with van der Waals surface area (Å²) in [6.07, 6.45) is 3.21. The molecule has 0 atom stereocenters. The van der Waals surface area contributed by atoms with Crippen LogP contribution in [0.1, 0.15) is 12.8 Å². The van der Waals surface area contributed by atoms with Gasteiger partial charge in [-0.1, -0.05) is 24.3 Å². The minimum Gasteiger partial charge on any atom is -0.481 e. The van der Waals surface area contributed by atoms with Gasteiger partial charge in [-0.25, -0.2) is 4.98 Å². The van der Waals surface area contributed by atoms with Crippen molar-refractivity contribution in [3.05, 3.63) is 36.5 Å². The van der Waals surface area contributed by atoms with E-state index >= 15 is 0 Å². The Labute approximate surface area is 111 Å². The zero-order valence-electron chi connectivity index (χ0n) is 10.6. The molecule has 0 aliphatic carbocycles. The Morgan fingerprint density at radius 3 is 2.68 bits per heavy atom. The number of pyridine rings is 1. The minimum atomic E-state index is -0.675. The van der Waals surface area contributed by atoms with E-state index in [9.17, 15) is 4.79 Å². The lowest BCUT2D eigenvalue weighted by Gasteiger charge is -2.31. The first-order chi connectivity index (χ1) is 9.25. The lowest BCUT2D eigenvalue weighted by atomic mass is 9.97. The van der Waals surface area contributed by atoms with E-state index < -0.39 is 5.97 Å². The molecule has 1 aliphatic heterocycles. The number of aliphatic carboxylic acids is 1. The van der Waals surface area contributed by atoms with E-state index in [1.54, 1.807) is 0 Å². The summed E-state index contributed by atoms with van der Waals surface area (Å²) in [4.78, 5) is 17.7. The second-order valence-corrected chi connectivity index (χ2v) is 4.96. The topological polar surface area (TPSA) is 53.4 Å². The van der Waals surface area contributed by atoms with Crippen LogP contribution in [0.15, 0.2) is 36.5 Å². The first-order valence-corrected chi connectivity index (χ1v) is 6.57. The molecule has 0 amide bonds. The highest BCUT2D eigenvalue weighted by Crippen LogP contribution is 2.28. The van der Waals surface area contributed by atoms with Crippen molar-refractivity contribution in [3.8, 4) is 0 Å². The Kier molecular flexibility index (Phi) is 3.07.